The number of nitrogens with zero attached hydrogens (tertiary/aromatic N) is 1. The van der Waals surface area contributed by atoms with E-state index in [2.05, 4.69) is 27.0 Å². The van der Waals surface area contributed by atoms with Crippen LogP contribution in [-0.2, 0) is 6.42 Å². The topological polar surface area (TPSA) is 15.3 Å². The zero-order chi connectivity index (χ0) is 11.5. The zero-order valence-electron chi connectivity index (χ0n) is 10.4. The van der Waals surface area contributed by atoms with Gasteiger partial charge in [-0.25, -0.2) is 0 Å². The molecule has 0 saturated carbocycles. The van der Waals surface area contributed by atoms with Crippen LogP contribution in [0.5, 0.6) is 0 Å². The summed E-state index contributed by atoms with van der Waals surface area (Å²) in [5.41, 5.74) is 1.49. The fourth-order valence-corrected chi connectivity index (χ4v) is 4.03. The van der Waals surface area contributed by atoms with Gasteiger partial charge in [0.1, 0.15) is 0 Å². The van der Waals surface area contributed by atoms with Gasteiger partial charge in [0.25, 0.3) is 0 Å². The van der Waals surface area contributed by atoms with Crippen LogP contribution in [-0.4, -0.2) is 36.6 Å². The van der Waals surface area contributed by atoms with Gasteiger partial charge in [-0.3, -0.25) is 4.90 Å². The van der Waals surface area contributed by atoms with Gasteiger partial charge in [0.2, 0.25) is 0 Å². The summed E-state index contributed by atoms with van der Waals surface area (Å²) in [6, 6.07) is 3.84. The van der Waals surface area contributed by atoms with Gasteiger partial charge in [0, 0.05) is 18.6 Å². The first-order chi connectivity index (χ1) is 8.43. The van der Waals surface area contributed by atoms with Crippen molar-refractivity contribution < 1.29 is 0 Å². The Morgan fingerprint density at radius 3 is 3.18 bits per heavy atom. The Hall–Kier alpha value is -0.380. The molecule has 3 rings (SSSR count). The van der Waals surface area contributed by atoms with Crippen LogP contribution in [0.1, 0.15) is 31.2 Å². The van der Waals surface area contributed by atoms with Crippen molar-refractivity contribution >= 4 is 11.3 Å². The van der Waals surface area contributed by atoms with Gasteiger partial charge in [-0.05, 0) is 61.2 Å². The maximum Gasteiger partial charge on any atom is 0.0249 e. The fourth-order valence-electron chi connectivity index (χ4n) is 3.32. The lowest BCUT2D eigenvalue weighted by Crippen LogP contribution is -2.45. The van der Waals surface area contributed by atoms with Gasteiger partial charge in [-0.1, -0.05) is 6.42 Å². The highest BCUT2D eigenvalue weighted by molar-refractivity contribution is 7.07. The summed E-state index contributed by atoms with van der Waals surface area (Å²) in [6.45, 7) is 3.81. The van der Waals surface area contributed by atoms with E-state index < -0.39 is 0 Å². The molecule has 2 unspecified atom stereocenters. The molecule has 1 N–H and O–H groups in total. The summed E-state index contributed by atoms with van der Waals surface area (Å²) in [5, 5.41) is 8.22. The van der Waals surface area contributed by atoms with E-state index in [1.54, 1.807) is 11.3 Å². The van der Waals surface area contributed by atoms with Crippen molar-refractivity contribution in [3.63, 3.8) is 0 Å². The Labute approximate surface area is 108 Å². The van der Waals surface area contributed by atoms with E-state index in [4.69, 9.17) is 0 Å². The van der Waals surface area contributed by atoms with Gasteiger partial charge < -0.3 is 5.32 Å². The maximum absolute atomic E-state index is 3.78. The van der Waals surface area contributed by atoms with Crippen molar-refractivity contribution in [2.45, 2.75) is 44.2 Å². The van der Waals surface area contributed by atoms with E-state index in [0.717, 1.165) is 18.6 Å². The molecule has 2 aliphatic rings. The molecule has 0 spiro atoms. The number of nitrogens with one attached hydrogen (secondary N) is 1. The Kier molecular flexibility index (Phi) is 3.79. The number of fused-ring (bicyclic) bond motifs is 1. The lowest BCUT2D eigenvalue weighted by Gasteiger charge is -2.32. The number of piperidine rings is 1. The SMILES string of the molecule is c1cc(CCNC2CCN3CCCCC23)cs1. The zero-order valence-corrected chi connectivity index (χ0v) is 11.2. The Bertz CT molecular complexity index is 336. The molecule has 2 fully saturated rings. The monoisotopic (exact) mass is 250 g/mol. The third kappa shape index (κ3) is 2.72. The third-order valence-electron chi connectivity index (χ3n) is 4.26. The minimum atomic E-state index is 0.758. The summed E-state index contributed by atoms with van der Waals surface area (Å²) in [6.07, 6.45) is 6.80. The molecule has 1 aromatic rings. The Morgan fingerprint density at radius 2 is 2.29 bits per heavy atom. The van der Waals surface area contributed by atoms with Crippen molar-refractivity contribution in [2.75, 3.05) is 19.6 Å². The number of rotatable bonds is 4. The predicted octanol–water partition coefficient (Wildman–Crippen LogP) is 2.51. The summed E-state index contributed by atoms with van der Waals surface area (Å²) in [7, 11) is 0. The van der Waals surface area contributed by atoms with E-state index in [1.807, 2.05) is 0 Å². The van der Waals surface area contributed by atoms with Crippen molar-refractivity contribution in [1.29, 1.82) is 0 Å². The summed E-state index contributed by atoms with van der Waals surface area (Å²) in [4.78, 5) is 2.70. The summed E-state index contributed by atoms with van der Waals surface area (Å²) in [5.74, 6) is 0. The minimum Gasteiger partial charge on any atom is -0.312 e. The van der Waals surface area contributed by atoms with Gasteiger partial charge in [0.15, 0.2) is 0 Å². The minimum absolute atomic E-state index is 0.758. The van der Waals surface area contributed by atoms with E-state index >= 15 is 0 Å². The molecular formula is C14H22N2S. The smallest absolute Gasteiger partial charge is 0.0249 e. The molecule has 2 atom stereocenters. The molecule has 0 bridgehead atoms. The first-order valence-electron chi connectivity index (χ1n) is 6.92. The largest absolute Gasteiger partial charge is 0.312 e. The van der Waals surface area contributed by atoms with Crippen molar-refractivity contribution in [2.24, 2.45) is 0 Å². The normalized spacial score (nSPS) is 29.4. The highest BCUT2D eigenvalue weighted by atomic mass is 32.1. The van der Waals surface area contributed by atoms with Gasteiger partial charge in [-0.2, -0.15) is 11.3 Å². The lowest BCUT2D eigenvalue weighted by atomic mass is 9.99. The molecule has 0 amide bonds. The van der Waals surface area contributed by atoms with Crippen LogP contribution >= 0.6 is 11.3 Å². The molecular weight excluding hydrogens is 228 g/mol. The molecule has 0 radical (unpaired) electrons. The molecule has 2 nitrogen and oxygen atoms in total. The molecule has 17 heavy (non-hydrogen) atoms. The molecule has 94 valence electrons. The molecule has 2 aliphatic heterocycles. The van der Waals surface area contributed by atoms with Crippen molar-refractivity contribution in [3.05, 3.63) is 22.4 Å². The van der Waals surface area contributed by atoms with Gasteiger partial charge >= 0.3 is 0 Å². The van der Waals surface area contributed by atoms with Crippen LogP contribution in [0.15, 0.2) is 16.8 Å². The average Bonchev–Trinajstić information content (AvgIpc) is 2.99. The van der Waals surface area contributed by atoms with Crippen LogP contribution in [0.4, 0.5) is 0 Å². The molecule has 0 aromatic carbocycles. The van der Waals surface area contributed by atoms with Crippen molar-refractivity contribution in [1.82, 2.24) is 10.2 Å². The van der Waals surface area contributed by atoms with E-state index in [-0.39, 0.29) is 0 Å². The molecule has 0 aliphatic carbocycles. The second kappa shape index (κ2) is 5.51. The number of thiophene rings is 1. The molecule has 3 heteroatoms. The average molecular weight is 250 g/mol. The second-order valence-electron chi connectivity index (χ2n) is 5.33. The van der Waals surface area contributed by atoms with Crippen LogP contribution in [0, 0.1) is 0 Å². The Morgan fingerprint density at radius 1 is 1.29 bits per heavy atom. The fraction of sp³-hybridized carbons (Fsp3) is 0.714. The number of hydrogen-bond donors (Lipinski definition) is 1. The van der Waals surface area contributed by atoms with E-state index in [1.165, 1.54) is 50.8 Å². The predicted molar refractivity (Wildman–Crippen MR) is 73.6 cm³/mol. The van der Waals surface area contributed by atoms with Crippen LogP contribution in [0.2, 0.25) is 0 Å². The maximum atomic E-state index is 3.78. The van der Waals surface area contributed by atoms with E-state index in [9.17, 15) is 0 Å². The highest BCUT2D eigenvalue weighted by Gasteiger charge is 2.34. The van der Waals surface area contributed by atoms with Crippen LogP contribution in [0.25, 0.3) is 0 Å². The molecule has 2 saturated heterocycles. The number of hydrogen-bond acceptors (Lipinski definition) is 3. The van der Waals surface area contributed by atoms with Gasteiger partial charge in [-0.15, -0.1) is 0 Å². The van der Waals surface area contributed by atoms with E-state index in [0.29, 0.717) is 0 Å². The summed E-state index contributed by atoms with van der Waals surface area (Å²) < 4.78 is 0. The first-order valence-corrected chi connectivity index (χ1v) is 7.86. The second-order valence-corrected chi connectivity index (χ2v) is 6.11. The Balaban J connectivity index is 1.46. The standard InChI is InChI=1S/C14H22N2S/c1-2-8-16-9-5-13(14(16)3-1)15-7-4-12-6-10-17-11-12/h6,10-11,13-15H,1-5,7-9H2. The van der Waals surface area contributed by atoms with Crippen molar-refractivity contribution in [3.8, 4) is 0 Å². The lowest BCUT2D eigenvalue weighted by molar-refractivity contribution is 0.181. The quantitative estimate of drug-likeness (QED) is 0.883. The first kappa shape index (κ1) is 11.7. The highest BCUT2D eigenvalue weighted by Crippen LogP contribution is 2.27. The summed E-state index contributed by atoms with van der Waals surface area (Å²) >= 11 is 1.80. The van der Waals surface area contributed by atoms with Crippen LogP contribution < -0.4 is 5.32 Å². The molecule has 1 aromatic heterocycles. The third-order valence-corrected chi connectivity index (χ3v) is 4.99. The van der Waals surface area contributed by atoms with Crippen LogP contribution in [0.3, 0.4) is 0 Å². The van der Waals surface area contributed by atoms with Gasteiger partial charge in [0.05, 0.1) is 0 Å². The molecule has 3 heterocycles.